The zero-order valence-electron chi connectivity index (χ0n) is 9.79. The van der Waals surface area contributed by atoms with Crippen LogP contribution >= 0.6 is 0 Å². The summed E-state index contributed by atoms with van der Waals surface area (Å²) in [4.78, 5) is 0. The highest BCUT2D eigenvalue weighted by molar-refractivity contribution is 5.28. The molecule has 0 spiro atoms. The first-order valence-corrected chi connectivity index (χ1v) is 5.81. The van der Waals surface area contributed by atoms with Crippen molar-refractivity contribution in [2.75, 3.05) is 6.54 Å². The molecular weight excluding hydrogens is 205 g/mol. The van der Waals surface area contributed by atoms with Crippen LogP contribution in [0.4, 0.5) is 4.39 Å². The second kappa shape index (κ2) is 4.83. The van der Waals surface area contributed by atoms with Gasteiger partial charge in [0, 0.05) is 12.6 Å². The molecule has 88 valence electrons. The van der Waals surface area contributed by atoms with E-state index in [-0.39, 0.29) is 11.9 Å². The van der Waals surface area contributed by atoms with Crippen molar-refractivity contribution in [3.05, 3.63) is 29.6 Å². The van der Waals surface area contributed by atoms with Gasteiger partial charge in [0.25, 0.3) is 0 Å². The van der Waals surface area contributed by atoms with Gasteiger partial charge in [0.05, 0.1) is 0 Å². The molecule has 1 aliphatic carbocycles. The molecule has 0 aliphatic heterocycles. The average molecular weight is 223 g/mol. The second-order valence-corrected chi connectivity index (χ2v) is 4.52. The average Bonchev–Trinajstić information content (AvgIpc) is 3.04. The Balaban J connectivity index is 1.84. The third-order valence-electron chi connectivity index (χ3n) is 2.74. The monoisotopic (exact) mass is 223 g/mol. The van der Waals surface area contributed by atoms with Gasteiger partial charge >= 0.3 is 0 Å². The molecule has 3 heteroatoms. The first-order chi connectivity index (χ1) is 7.65. The number of aryl methyl sites for hydroxylation is 1. The molecule has 1 aliphatic rings. The first-order valence-electron chi connectivity index (χ1n) is 5.81. The van der Waals surface area contributed by atoms with E-state index >= 15 is 0 Å². The molecule has 0 amide bonds. The molecule has 1 fully saturated rings. The molecule has 0 bridgehead atoms. The highest BCUT2D eigenvalue weighted by Gasteiger charge is 2.21. The van der Waals surface area contributed by atoms with Gasteiger partial charge in [-0.3, -0.25) is 0 Å². The number of halogens is 1. The van der Waals surface area contributed by atoms with Crippen molar-refractivity contribution in [1.29, 1.82) is 0 Å². The van der Waals surface area contributed by atoms with Crippen LogP contribution in [0, 0.1) is 12.7 Å². The normalized spacial score (nSPS) is 17.2. The molecule has 2 rings (SSSR count). The van der Waals surface area contributed by atoms with Gasteiger partial charge in [-0.25, -0.2) is 4.39 Å². The van der Waals surface area contributed by atoms with Crippen LogP contribution in [0.2, 0.25) is 0 Å². The quantitative estimate of drug-likeness (QED) is 0.828. The van der Waals surface area contributed by atoms with E-state index in [0.717, 1.165) is 12.3 Å². The maximum atomic E-state index is 13.0. The smallest absolute Gasteiger partial charge is 0.126 e. The van der Waals surface area contributed by atoms with Gasteiger partial charge < -0.3 is 10.1 Å². The van der Waals surface area contributed by atoms with Crippen LogP contribution in [-0.2, 0) is 0 Å². The van der Waals surface area contributed by atoms with Crippen LogP contribution in [0.1, 0.15) is 25.3 Å². The van der Waals surface area contributed by atoms with Crippen molar-refractivity contribution in [2.24, 2.45) is 0 Å². The maximum Gasteiger partial charge on any atom is 0.126 e. The molecule has 2 nitrogen and oxygen atoms in total. The van der Waals surface area contributed by atoms with Gasteiger partial charge in [-0.05, 0) is 50.5 Å². The Labute approximate surface area is 95.8 Å². The minimum Gasteiger partial charge on any atom is -0.489 e. The molecule has 0 heterocycles. The van der Waals surface area contributed by atoms with E-state index in [1.54, 1.807) is 19.1 Å². The zero-order valence-corrected chi connectivity index (χ0v) is 9.79. The van der Waals surface area contributed by atoms with Crippen molar-refractivity contribution in [3.63, 3.8) is 0 Å². The molecule has 16 heavy (non-hydrogen) atoms. The number of ether oxygens (including phenoxy) is 1. The summed E-state index contributed by atoms with van der Waals surface area (Å²) in [5.41, 5.74) is 0.625. The third kappa shape index (κ3) is 3.20. The first kappa shape index (κ1) is 11.4. The van der Waals surface area contributed by atoms with Crippen LogP contribution in [-0.4, -0.2) is 18.7 Å². The standard InChI is InChI=1S/C13H18FNO/c1-9-7-12(5-6-13(9)14)16-10(2)8-15-11-3-4-11/h5-7,10-11,15H,3-4,8H2,1-2H3. The summed E-state index contributed by atoms with van der Waals surface area (Å²) < 4.78 is 18.7. The minimum atomic E-state index is -0.184. The van der Waals surface area contributed by atoms with Gasteiger partial charge in [-0.2, -0.15) is 0 Å². The maximum absolute atomic E-state index is 13.0. The summed E-state index contributed by atoms with van der Waals surface area (Å²) in [5.74, 6) is 0.556. The van der Waals surface area contributed by atoms with Gasteiger partial charge in [0.2, 0.25) is 0 Å². The Kier molecular flexibility index (Phi) is 3.44. The molecule has 1 N–H and O–H groups in total. The lowest BCUT2D eigenvalue weighted by atomic mass is 10.2. The summed E-state index contributed by atoms with van der Waals surface area (Å²) in [6.45, 7) is 4.62. The lowest BCUT2D eigenvalue weighted by Gasteiger charge is -2.15. The number of hydrogen-bond donors (Lipinski definition) is 1. The predicted molar refractivity (Wildman–Crippen MR) is 62.3 cm³/mol. The molecule has 1 saturated carbocycles. The molecule has 1 aromatic rings. The molecular formula is C13H18FNO. The zero-order chi connectivity index (χ0) is 11.5. The summed E-state index contributed by atoms with van der Waals surface area (Å²) in [6.07, 6.45) is 2.68. The second-order valence-electron chi connectivity index (χ2n) is 4.52. The third-order valence-corrected chi connectivity index (χ3v) is 2.74. The fourth-order valence-electron chi connectivity index (χ4n) is 1.58. The van der Waals surface area contributed by atoms with Gasteiger partial charge in [-0.15, -0.1) is 0 Å². The van der Waals surface area contributed by atoms with Crippen LogP contribution < -0.4 is 10.1 Å². The Morgan fingerprint density at radius 2 is 2.25 bits per heavy atom. The number of hydrogen-bond acceptors (Lipinski definition) is 2. The van der Waals surface area contributed by atoms with E-state index in [0.29, 0.717) is 11.6 Å². The number of rotatable bonds is 5. The summed E-state index contributed by atoms with van der Waals surface area (Å²) >= 11 is 0. The highest BCUT2D eigenvalue weighted by Crippen LogP contribution is 2.19. The number of nitrogens with one attached hydrogen (secondary N) is 1. The summed E-state index contributed by atoms with van der Waals surface area (Å²) in [7, 11) is 0. The van der Waals surface area contributed by atoms with Gasteiger partial charge in [-0.1, -0.05) is 0 Å². The van der Waals surface area contributed by atoms with E-state index in [2.05, 4.69) is 5.32 Å². The van der Waals surface area contributed by atoms with E-state index in [1.165, 1.54) is 18.9 Å². The Hall–Kier alpha value is -1.09. The Morgan fingerprint density at radius 3 is 2.88 bits per heavy atom. The van der Waals surface area contributed by atoms with Crippen molar-refractivity contribution in [2.45, 2.75) is 38.8 Å². The van der Waals surface area contributed by atoms with Crippen LogP contribution in [0.15, 0.2) is 18.2 Å². The van der Waals surface area contributed by atoms with E-state index in [9.17, 15) is 4.39 Å². The van der Waals surface area contributed by atoms with Gasteiger partial charge in [0.1, 0.15) is 17.7 Å². The molecule has 1 aromatic carbocycles. The SMILES string of the molecule is Cc1cc(OC(C)CNC2CC2)ccc1F. The van der Waals surface area contributed by atoms with Crippen LogP contribution in [0.5, 0.6) is 5.75 Å². The fourth-order valence-corrected chi connectivity index (χ4v) is 1.58. The fraction of sp³-hybridized carbons (Fsp3) is 0.538. The van der Waals surface area contributed by atoms with E-state index in [4.69, 9.17) is 4.74 Å². The van der Waals surface area contributed by atoms with E-state index in [1.807, 2.05) is 6.92 Å². The largest absolute Gasteiger partial charge is 0.489 e. The molecule has 0 aromatic heterocycles. The minimum absolute atomic E-state index is 0.116. The summed E-state index contributed by atoms with van der Waals surface area (Å²) in [5, 5.41) is 3.40. The molecule has 0 saturated heterocycles. The predicted octanol–water partition coefficient (Wildman–Crippen LogP) is 2.65. The highest BCUT2D eigenvalue weighted by atomic mass is 19.1. The molecule has 0 radical (unpaired) electrons. The van der Waals surface area contributed by atoms with Crippen molar-refractivity contribution in [1.82, 2.24) is 5.32 Å². The van der Waals surface area contributed by atoms with Crippen molar-refractivity contribution < 1.29 is 9.13 Å². The Morgan fingerprint density at radius 1 is 1.50 bits per heavy atom. The topological polar surface area (TPSA) is 21.3 Å². The summed E-state index contributed by atoms with van der Waals surface area (Å²) in [6, 6.07) is 5.56. The van der Waals surface area contributed by atoms with Crippen LogP contribution in [0.3, 0.4) is 0 Å². The lowest BCUT2D eigenvalue weighted by molar-refractivity contribution is 0.216. The molecule has 1 atom stereocenters. The van der Waals surface area contributed by atoms with E-state index < -0.39 is 0 Å². The molecule has 1 unspecified atom stereocenters. The lowest BCUT2D eigenvalue weighted by Crippen LogP contribution is -2.30. The van der Waals surface area contributed by atoms with Crippen molar-refractivity contribution >= 4 is 0 Å². The van der Waals surface area contributed by atoms with Gasteiger partial charge in [0.15, 0.2) is 0 Å². The van der Waals surface area contributed by atoms with Crippen LogP contribution in [0.25, 0.3) is 0 Å². The Bertz CT molecular complexity index is 363. The van der Waals surface area contributed by atoms with Crippen molar-refractivity contribution in [3.8, 4) is 5.75 Å². The number of benzene rings is 1.